The fourth-order valence-electron chi connectivity index (χ4n) is 4.06. The first-order chi connectivity index (χ1) is 17.8. The van der Waals surface area contributed by atoms with Crippen LogP contribution in [0.15, 0.2) is 52.1 Å². The highest BCUT2D eigenvalue weighted by Crippen LogP contribution is 2.40. The molecule has 0 aliphatic rings. The highest BCUT2D eigenvalue weighted by atomic mass is 19.1. The van der Waals surface area contributed by atoms with Crippen molar-refractivity contribution in [1.29, 1.82) is 10.7 Å². The van der Waals surface area contributed by atoms with Gasteiger partial charge in [0.05, 0.1) is 34.6 Å². The number of hydrogen-bond acceptors (Lipinski definition) is 8. The second kappa shape index (κ2) is 11.0. The second-order valence-corrected chi connectivity index (χ2v) is 8.65. The normalized spacial score (nSPS) is 13.2. The summed E-state index contributed by atoms with van der Waals surface area (Å²) in [6.45, 7) is 7.68. The Bertz CT molecular complexity index is 1510. The number of rotatable bonds is 8. The van der Waals surface area contributed by atoms with Crippen molar-refractivity contribution in [2.45, 2.75) is 40.2 Å². The molecule has 2 N–H and O–H groups in total. The maximum atomic E-state index is 14.4. The van der Waals surface area contributed by atoms with Gasteiger partial charge in [0.25, 0.3) is 5.89 Å². The van der Waals surface area contributed by atoms with E-state index in [1.807, 2.05) is 26.0 Å². The van der Waals surface area contributed by atoms with Gasteiger partial charge in [-0.25, -0.2) is 9.37 Å². The molecule has 188 valence electrons. The number of hydrogen-bond donors (Lipinski definition) is 2. The van der Waals surface area contributed by atoms with Crippen molar-refractivity contribution in [3.8, 4) is 28.8 Å². The quantitative estimate of drug-likeness (QED) is 0.244. The van der Waals surface area contributed by atoms with Gasteiger partial charge in [-0.2, -0.15) is 10.2 Å². The summed E-state index contributed by atoms with van der Waals surface area (Å²) >= 11 is 0. The fourth-order valence-corrected chi connectivity index (χ4v) is 4.06. The minimum atomic E-state index is -0.820. The van der Waals surface area contributed by atoms with Crippen molar-refractivity contribution in [3.05, 3.63) is 59.9 Å². The van der Waals surface area contributed by atoms with Gasteiger partial charge in [-0.15, -0.1) is 0 Å². The molecule has 0 aliphatic carbocycles. The van der Waals surface area contributed by atoms with E-state index < -0.39 is 17.8 Å². The van der Waals surface area contributed by atoms with Gasteiger partial charge in [-0.1, -0.05) is 18.1 Å². The van der Waals surface area contributed by atoms with Gasteiger partial charge in [0.1, 0.15) is 17.6 Å². The molecule has 0 aliphatic heterocycles. The molecule has 0 bridgehead atoms. The van der Waals surface area contributed by atoms with E-state index in [0.717, 1.165) is 6.42 Å². The van der Waals surface area contributed by atoms with Crippen LogP contribution in [0.2, 0.25) is 0 Å². The van der Waals surface area contributed by atoms with E-state index in [4.69, 9.17) is 14.9 Å². The van der Waals surface area contributed by atoms with Crippen LogP contribution in [0.3, 0.4) is 0 Å². The lowest BCUT2D eigenvalue weighted by Crippen LogP contribution is -2.36. The molecule has 0 saturated heterocycles. The summed E-state index contributed by atoms with van der Waals surface area (Å²) in [5.41, 5.74) is 2.99. The van der Waals surface area contributed by atoms with Crippen LogP contribution >= 0.6 is 0 Å². The van der Waals surface area contributed by atoms with Crippen molar-refractivity contribution < 1.29 is 8.91 Å². The second-order valence-electron chi connectivity index (χ2n) is 8.65. The van der Waals surface area contributed by atoms with Gasteiger partial charge >= 0.3 is 0 Å². The Morgan fingerprint density at radius 3 is 2.68 bits per heavy atom. The number of nitrogens with zero attached hydrogens (tertiary/aromatic N) is 6. The number of fused-ring (bicyclic) bond motifs is 1. The first kappa shape index (κ1) is 25.6. The summed E-state index contributed by atoms with van der Waals surface area (Å²) in [6, 6.07) is 11.5. The van der Waals surface area contributed by atoms with Crippen LogP contribution in [0.25, 0.3) is 33.6 Å². The topological polar surface area (TPSA) is 137 Å². The molecule has 0 radical (unpaired) electrons. The number of aromatic nitrogens is 4. The van der Waals surface area contributed by atoms with E-state index in [0.29, 0.717) is 51.6 Å². The smallest absolute Gasteiger partial charge is 0.259 e. The molecule has 2 atom stereocenters. The minimum absolute atomic E-state index is 0.186. The lowest BCUT2D eigenvalue weighted by atomic mass is 9.94. The predicted octanol–water partition coefficient (Wildman–Crippen LogP) is 5.43. The molecule has 1 aromatic carbocycles. The number of halogens is 1. The molecule has 4 rings (SSSR count). The summed E-state index contributed by atoms with van der Waals surface area (Å²) in [5.74, 6) is -0.199. The van der Waals surface area contributed by atoms with Gasteiger partial charge in [-0.3, -0.25) is 9.98 Å². The van der Waals surface area contributed by atoms with Crippen molar-refractivity contribution in [3.63, 3.8) is 0 Å². The third kappa shape index (κ3) is 5.35. The highest BCUT2D eigenvalue weighted by molar-refractivity contribution is 6.07. The summed E-state index contributed by atoms with van der Waals surface area (Å²) in [6.07, 6.45) is 2.45. The molecule has 37 heavy (non-hydrogen) atoms. The molecule has 10 heteroatoms. The van der Waals surface area contributed by atoms with Crippen LogP contribution in [0.5, 0.6) is 0 Å². The Morgan fingerprint density at radius 2 is 2.05 bits per heavy atom. The van der Waals surface area contributed by atoms with Crippen molar-refractivity contribution in [2.75, 3.05) is 6.54 Å². The Labute approximate surface area is 214 Å². The molecule has 2 unspecified atom stereocenters. The number of nitriles is 1. The molecular weight excluding hydrogens is 471 g/mol. The van der Waals surface area contributed by atoms with Crippen LogP contribution < -0.4 is 5.32 Å². The van der Waals surface area contributed by atoms with Gasteiger partial charge in [0.2, 0.25) is 0 Å². The van der Waals surface area contributed by atoms with E-state index in [1.165, 1.54) is 12.1 Å². The molecule has 0 spiro atoms. The number of nitrogens with one attached hydrogen (secondary N) is 2. The largest absolute Gasteiger partial charge is 0.364 e. The average Bonchev–Trinajstić information content (AvgIpc) is 3.32. The van der Waals surface area contributed by atoms with Crippen LogP contribution in [-0.2, 0) is 0 Å². The first-order valence-corrected chi connectivity index (χ1v) is 11.9. The third-order valence-electron chi connectivity index (χ3n) is 5.75. The summed E-state index contributed by atoms with van der Waals surface area (Å²) in [5, 5.41) is 25.6. The molecule has 0 saturated carbocycles. The molecular formula is C27H27FN8O. The number of aliphatic imine (C=N–C) groups is 1. The zero-order valence-corrected chi connectivity index (χ0v) is 21.1. The lowest BCUT2D eigenvalue weighted by molar-refractivity contribution is 0.426. The van der Waals surface area contributed by atoms with Crippen molar-refractivity contribution >= 4 is 22.5 Å². The SMILES string of the molecule is CCCN=C(NC(C)c1nc2ccc(F)cc2c(-c2nc(C)no2)c1-c1ccccn1)C(C#N)C(C)=N. The first-order valence-electron chi connectivity index (χ1n) is 11.9. The number of benzene rings is 1. The van der Waals surface area contributed by atoms with E-state index in [1.54, 1.807) is 32.2 Å². The molecule has 9 nitrogen and oxygen atoms in total. The van der Waals surface area contributed by atoms with E-state index in [-0.39, 0.29) is 11.6 Å². The van der Waals surface area contributed by atoms with E-state index in [2.05, 4.69) is 31.5 Å². The van der Waals surface area contributed by atoms with E-state index >= 15 is 0 Å². The number of amidine groups is 1. The summed E-state index contributed by atoms with van der Waals surface area (Å²) in [7, 11) is 0. The van der Waals surface area contributed by atoms with Crippen molar-refractivity contribution in [1.82, 2.24) is 25.4 Å². The Kier molecular flexibility index (Phi) is 7.63. The van der Waals surface area contributed by atoms with Crippen molar-refractivity contribution in [2.24, 2.45) is 10.9 Å². The zero-order valence-electron chi connectivity index (χ0n) is 21.1. The van der Waals surface area contributed by atoms with Crippen LogP contribution in [0, 0.1) is 35.4 Å². The molecule has 0 fully saturated rings. The molecule has 4 aromatic rings. The van der Waals surface area contributed by atoms with Crippen LogP contribution in [-0.4, -0.2) is 38.2 Å². The standard InChI is InChI=1S/C27H27FN8O/c1-5-11-32-26(20(14-29)15(2)30)33-16(3)25-24(22-8-6-7-12-31-22)23(27-34-17(4)36-37-27)19-13-18(28)9-10-21(19)35-25/h6-10,12-13,16,20,30H,5,11H2,1-4H3,(H,32,33). The maximum absolute atomic E-state index is 14.4. The molecule has 0 amide bonds. The number of aryl methyl sites for hydroxylation is 1. The third-order valence-corrected chi connectivity index (χ3v) is 5.75. The fraction of sp³-hybridized carbons (Fsp3) is 0.296. The van der Waals surface area contributed by atoms with Crippen LogP contribution in [0.1, 0.15) is 44.8 Å². The monoisotopic (exact) mass is 498 g/mol. The maximum Gasteiger partial charge on any atom is 0.259 e. The molecule has 3 heterocycles. The zero-order chi connectivity index (χ0) is 26.5. The van der Waals surface area contributed by atoms with Gasteiger partial charge in [0.15, 0.2) is 5.82 Å². The lowest BCUT2D eigenvalue weighted by Gasteiger charge is -2.23. The summed E-state index contributed by atoms with van der Waals surface area (Å²) < 4.78 is 20.0. The van der Waals surface area contributed by atoms with E-state index in [9.17, 15) is 9.65 Å². The van der Waals surface area contributed by atoms with Gasteiger partial charge in [0, 0.05) is 29.4 Å². The summed E-state index contributed by atoms with van der Waals surface area (Å²) in [4.78, 5) is 18.5. The Hall–Kier alpha value is -4.52. The Morgan fingerprint density at radius 1 is 1.24 bits per heavy atom. The Balaban J connectivity index is 1.99. The van der Waals surface area contributed by atoms with Crippen LogP contribution in [0.4, 0.5) is 4.39 Å². The average molecular weight is 499 g/mol. The molecule has 3 aromatic heterocycles. The predicted molar refractivity (Wildman–Crippen MR) is 140 cm³/mol. The highest BCUT2D eigenvalue weighted by Gasteiger charge is 2.28. The number of pyridine rings is 2. The van der Waals surface area contributed by atoms with Gasteiger partial charge in [-0.05, 0) is 57.5 Å². The minimum Gasteiger partial charge on any atom is -0.364 e. The van der Waals surface area contributed by atoms with Gasteiger partial charge < -0.3 is 15.2 Å².